The van der Waals surface area contributed by atoms with Crippen LogP contribution in [-0.2, 0) is 18.3 Å². The molecule has 0 rings (SSSR count). The summed E-state index contributed by atoms with van der Waals surface area (Å²) < 4.78 is 42.4. The summed E-state index contributed by atoms with van der Waals surface area (Å²) in [5.74, 6) is -1.87. The van der Waals surface area contributed by atoms with E-state index in [-0.39, 0.29) is 11.6 Å². The summed E-state index contributed by atoms with van der Waals surface area (Å²) in [4.78, 5) is 69.5. The molecular weight excluding hydrogens is 444 g/mol. The first-order valence-corrected chi connectivity index (χ1v) is 13.3. The average molecular weight is 468 g/mol. The zero-order valence-electron chi connectivity index (χ0n) is 13.9. The van der Waals surface area contributed by atoms with Crippen molar-refractivity contribution in [2.24, 2.45) is 0 Å². The highest BCUT2D eigenvalue weighted by Gasteiger charge is 2.45. The molecule has 0 bridgehead atoms. The molecule has 1 unspecified atom stereocenters. The van der Waals surface area contributed by atoms with Gasteiger partial charge in [-0.15, -0.1) is 0 Å². The van der Waals surface area contributed by atoms with E-state index in [1.165, 1.54) is 21.0 Å². The van der Waals surface area contributed by atoms with Gasteiger partial charge in [-0.3, -0.25) is 23.2 Å². The highest BCUT2D eigenvalue weighted by molar-refractivity contribution is 7.70. The molecule has 15 nitrogen and oxygen atoms in total. The molecular formula is C7H24N2O13P4. The Morgan fingerprint density at radius 2 is 1.12 bits per heavy atom. The van der Waals surface area contributed by atoms with E-state index in [2.05, 4.69) is 0 Å². The summed E-state index contributed by atoms with van der Waals surface area (Å²) in [6.45, 7) is 1.25. The first kappa shape index (κ1) is 28.7. The van der Waals surface area contributed by atoms with Crippen LogP contribution in [0.15, 0.2) is 0 Å². The van der Waals surface area contributed by atoms with Gasteiger partial charge in [-0.1, -0.05) is 6.92 Å². The summed E-state index contributed by atoms with van der Waals surface area (Å²) in [5.41, 5.74) is -2.05. The number of hydroxylamine groups is 2. The van der Waals surface area contributed by atoms with Gasteiger partial charge in [0.1, 0.15) is 5.78 Å². The van der Waals surface area contributed by atoms with Gasteiger partial charge in [-0.05, 0) is 14.1 Å². The molecule has 0 saturated carbocycles. The lowest BCUT2D eigenvalue weighted by Gasteiger charge is -2.25. The summed E-state index contributed by atoms with van der Waals surface area (Å²) in [6.07, 6.45) is -1.08. The molecule has 160 valence electrons. The number of hydrogen-bond donors (Lipinski definition) is 9. The van der Waals surface area contributed by atoms with E-state index in [1.54, 1.807) is 0 Å². The van der Waals surface area contributed by atoms with E-state index in [0.29, 0.717) is 0 Å². The molecule has 0 spiro atoms. The largest absolute Gasteiger partial charge is 0.354 e. The van der Waals surface area contributed by atoms with Crippen molar-refractivity contribution in [1.29, 1.82) is 0 Å². The fourth-order valence-corrected chi connectivity index (χ4v) is 6.98. The van der Waals surface area contributed by atoms with Crippen molar-refractivity contribution >= 4 is 30.4 Å². The Hall–Kier alpha value is 0.480. The van der Waals surface area contributed by atoms with Crippen LogP contribution in [0.2, 0.25) is 0 Å². The standard InChI is InChI=1S/C4H13NO7P2.C3H11NO6P2/c1-2-5(6)4(14(10,11)12)3-13(7,8)9;1-4(2)3(11(5,6)7)12(8,9)10/h4,6H,2-3H2,1H3,(H2,7,8,9)(H2,10,11,12);3H,1-2H3,(H2,5,6,7)(H2,8,9,10). The maximum Gasteiger partial charge on any atom is 0.354 e. The highest BCUT2D eigenvalue weighted by atomic mass is 31.2. The fourth-order valence-electron chi connectivity index (χ4n) is 1.60. The molecule has 26 heavy (non-hydrogen) atoms. The van der Waals surface area contributed by atoms with E-state index in [1.807, 2.05) is 0 Å². The zero-order chi connectivity index (χ0) is 21.7. The smallest absolute Gasteiger partial charge is 0.324 e. The molecule has 0 aliphatic heterocycles. The summed E-state index contributed by atoms with van der Waals surface area (Å²) >= 11 is 0. The molecule has 0 aromatic carbocycles. The molecule has 0 fully saturated rings. The third kappa shape index (κ3) is 12.0. The summed E-state index contributed by atoms with van der Waals surface area (Å²) in [6, 6.07) is 0. The van der Waals surface area contributed by atoms with Crippen LogP contribution >= 0.6 is 30.4 Å². The third-order valence-electron chi connectivity index (χ3n) is 2.52. The maximum atomic E-state index is 10.8. The van der Waals surface area contributed by atoms with Crippen molar-refractivity contribution in [3.63, 3.8) is 0 Å². The Bertz CT molecular complexity index is 594. The number of rotatable bonds is 8. The van der Waals surface area contributed by atoms with Gasteiger partial charge in [0.25, 0.3) is 0 Å². The lowest BCUT2D eigenvalue weighted by molar-refractivity contribution is -0.0994. The van der Waals surface area contributed by atoms with Crippen LogP contribution in [0.4, 0.5) is 0 Å². The van der Waals surface area contributed by atoms with Gasteiger partial charge in [0.05, 0.1) is 6.16 Å². The molecule has 0 heterocycles. The van der Waals surface area contributed by atoms with Crippen molar-refractivity contribution in [3.05, 3.63) is 0 Å². The Morgan fingerprint density at radius 3 is 1.23 bits per heavy atom. The Balaban J connectivity index is 0. The topological polar surface area (TPSA) is 257 Å². The molecule has 1 atom stereocenters. The molecule has 0 aromatic rings. The van der Waals surface area contributed by atoms with Gasteiger partial charge in [0.2, 0.25) is 5.52 Å². The molecule has 0 aliphatic rings. The normalized spacial score (nSPS) is 15.2. The van der Waals surface area contributed by atoms with Crippen LogP contribution in [0.1, 0.15) is 6.92 Å². The molecule has 0 amide bonds. The lowest BCUT2D eigenvalue weighted by atomic mass is 10.6. The average Bonchev–Trinajstić information content (AvgIpc) is 2.28. The van der Waals surface area contributed by atoms with Gasteiger partial charge in [-0.25, -0.2) is 0 Å². The van der Waals surface area contributed by atoms with E-state index >= 15 is 0 Å². The van der Waals surface area contributed by atoms with E-state index < -0.39 is 47.9 Å². The van der Waals surface area contributed by atoms with Crippen molar-refractivity contribution < 1.29 is 62.6 Å². The maximum absolute atomic E-state index is 10.8. The van der Waals surface area contributed by atoms with E-state index in [9.17, 15) is 18.3 Å². The highest BCUT2D eigenvalue weighted by Crippen LogP contribution is 2.60. The van der Waals surface area contributed by atoms with Gasteiger partial charge >= 0.3 is 30.4 Å². The summed E-state index contributed by atoms with van der Waals surface area (Å²) in [7, 11) is -16.6. The van der Waals surface area contributed by atoms with Crippen molar-refractivity contribution in [1.82, 2.24) is 9.96 Å². The van der Waals surface area contributed by atoms with Crippen molar-refractivity contribution in [2.75, 3.05) is 26.8 Å². The predicted molar refractivity (Wildman–Crippen MR) is 88.5 cm³/mol. The van der Waals surface area contributed by atoms with Crippen LogP contribution in [0.5, 0.6) is 0 Å². The van der Waals surface area contributed by atoms with Crippen molar-refractivity contribution in [3.8, 4) is 0 Å². The molecule has 0 aromatic heterocycles. The Labute approximate surface area is 148 Å². The summed E-state index contributed by atoms with van der Waals surface area (Å²) in [5, 5.41) is 9.24. The second-order valence-electron chi connectivity index (χ2n) is 5.16. The predicted octanol–water partition coefficient (Wildman–Crippen LogP) is -1.43. The molecule has 19 heteroatoms. The van der Waals surface area contributed by atoms with E-state index in [0.717, 1.165) is 4.90 Å². The van der Waals surface area contributed by atoms with Crippen LogP contribution in [0.3, 0.4) is 0 Å². The van der Waals surface area contributed by atoms with Crippen LogP contribution < -0.4 is 0 Å². The first-order chi connectivity index (χ1) is 11.1. The monoisotopic (exact) mass is 468 g/mol. The van der Waals surface area contributed by atoms with Gasteiger partial charge in [0.15, 0.2) is 0 Å². The second-order valence-corrected chi connectivity index (χ2v) is 12.4. The number of hydrogen-bond acceptors (Lipinski definition) is 7. The Kier molecular flexibility index (Phi) is 11.4. The minimum atomic E-state index is -4.79. The van der Waals surface area contributed by atoms with Gasteiger partial charge in [0, 0.05) is 6.54 Å². The SMILES string of the molecule is CCN(O)C(CP(=O)(O)O)P(=O)(O)O.CN(C)C(P(=O)(O)O)P(=O)(O)O. The number of nitrogens with zero attached hydrogens (tertiary/aromatic N) is 2. The molecule has 9 N–H and O–H groups in total. The van der Waals surface area contributed by atoms with Crippen LogP contribution in [0.25, 0.3) is 0 Å². The molecule has 0 radical (unpaired) electrons. The zero-order valence-corrected chi connectivity index (χ0v) is 17.5. The van der Waals surface area contributed by atoms with Gasteiger partial charge < -0.3 is 44.4 Å². The van der Waals surface area contributed by atoms with E-state index in [4.69, 9.17) is 44.4 Å². The first-order valence-electron chi connectivity index (χ1n) is 6.46. The molecule has 0 aliphatic carbocycles. The van der Waals surface area contributed by atoms with Crippen LogP contribution in [0, 0.1) is 0 Å². The minimum absolute atomic E-state index is 0.143. The lowest BCUT2D eigenvalue weighted by Crippen LogP contribution is -2.34. The van der Waals surface area contributed by atoms with Crippen molar-refractivity contribution in [2.45, 2.75) is 18.2 Å². The Morgan fingerprint density at radius 1 is 0.769 bits per heavy atom. The second kappa shape index (κ2) is 10.3. The fraction of sp³-hybridized carbons (Fsp3) is 1.00. The minimum Gasteiger partial charge on any atom is -0.324 e. The molecule has 0 saturated heterocycles. The third-order valence-corrected chi connectivity index (χ3v) is 8.79. The quantitative estimate of drug-likeness (QED) is 0.146. The van der Waals surface area contributed by atoms with Crippen LogP contribution in [-0.4, -0.2) is 92.4 Å². The van der Waals surface area contributed by atoms with Gasteiger partial charge in [-0.2, -0.15) is 5.06 Å².